The molecule has 158 valence electrons. The van der Waals surface area contributed by atoms with Crippen molar-refractivity contribution in [2.24, 2.45) is 12.0 Å². The van der Waals surface area contributed by atoms with Gasteiger partial charge in [-0.15, -0.1) is 0 Å². The summed E-state index contributed by atoms with van der Waals surface area (Å²) in [4.78, 5) is 13.6. The van der Waals surface area contributed by atoms with E-state index in [2.05, 4.69) is 35.6 Å². The first-order valence-corrected chi connectivity index (χ1v) is 9.06. The van der Waals surface area contributed by atoms with Gasteiger partial charge in [0.15, 0.2) is 5.96 Å². The maximum absolute atomic E-state index is 12.7. The fraction of sp³-hybridized carbons (Fsp3) is 0.529. The van der Waals surface area contributed by atoms with Gasteiger partial charge in [-0.3, -0.25) is 9.67 Å². The molecule has 1 aliphatic rings. The van der Waals surface area contributed by atoms with Crippen molar-refractivity contribution in [3.05, 3.63) is 35.9 Å². The number of nitrogens with one attached hydrogen (secondary N) is 2. The number of hydrogen-bond donors (Lipinski definition) is 2. The van der Waals surface area contributed by atoms with Gasteiger partial charge in [0.2, 0.25) is 5.95 Å². The molecule has 9 nitrogen and oxygen atoms in total. The largest absolute Gasteiger partial charge is 0.433 e. The highest BCUT2D eigenvalue weighted by Gasteiger charge is 2.32. The molecule has 0 amide bonds. The van der Waals surface area contributed by atoms with Crippen molar-refractivity contribution in [3.63, 3.8) is 0 Å². The Morgan fingerprint density at radius 1 is 1.38 bits per heavy atom. The van der Waals surface area contributed by atoms with Gasteiger partial charge < -0.3 is 20.3 Å². The van der Waals surface area contributed by atoms with Crippen molar-refractivity contribution >= 4 is 11.9 Å². The molecule has 1 aliphatic heterocycles. The third kappa shape index (κ3) is 5.56. The second-order valence-electron chi connectivity index (χ2n) is 6.42. The Balaban J connectivity index is 1.49. The Bertz CT molecular complexity index is 838. The molecule has 3 heterocycles. The van der Waals surface area contributed by atoms with E-state index in [9.17, 15) is 13.2 Å². The lowest BCUT2D eigenvalue weighted by Gasteiger charge is -2.34. The number of morpholine rings is 1. The van der Waals surface area contributed by atoms with Crippen LogP contribution in [0.4, 0.5) is 19.1 Å². The van der Waals surface area contributed by atoms with Crippen LogP contribution in [0.3, 0.4) is 0 Å². The summed E-state index contributed by atoms with van der Waals surface area (Å²) in [7, 11) is 3.53. The van der Waals surface area contributed by atoms with Crippen molar-refractivity contribution in [2.45, 2.75) is 12.3 Å². The summed E-state index contributed by atoms with van der Waals surface area (Å²) in [6.07, 6.45) is 0.178. The normalized spacial score (nSPS) is 18.0. The minimum Gasteiger partial charge on any atom is -0.370 e. The molecular weight excluding hydrogens is 389 g/mol. The number of nitrogens with zero attached hydrogens (tertiary/aromatic N) is 6. The minimum absolute atomic E-state index is 0.0698. The fourth-order valence-corrected chi connectivity index (χ4v) is 2.93. The first-order chi connectivity index (χ1) is 13.9. The number of guanidine groups is 1. The highest BCUT2D eigenvalue weighted by molar-refractivity contribution is 5.80. The molecule has 1 unspecified atom stereocenters. The lowest BCUT2D eigenvalue weighted by atomic mass is 10.1. The second-order valence-corrected chi connectivity index (χ2v) is 6.42. The van der Waals surface area contributed by atoms with Crippen LogP contribution in [0.2, 0.25) is 0 Å². The predicted molar refractivity (Wildman–Crippen MR) is 100 cm³/mol. The van der Waals surface area contributed by atoms with Crippen LogP contribution < -0.4 is 10.6 Å². The molecule has 2 aromatic rings. The summed E-state index contributed by atoms with van der Waals surface area (Å²) in [5, 5.41) is 10.1. The van der Waals surface area contributed by atoms with E-state index in [-0.39, 0.29) is 12.1 Å². The lowest BCUT2D eigenvalue weighted by molar-refractivity contribution is -0.141. The third-order valence-electron chi connectivity index (χ3n) is 4.31. The van der Waals surface area contributed by atoms with Crippen LogP contribution in [0.5, 0.6) is 0 Å². The number of aromatic nitrogens is 4. The fourth-order valence-electron chi connectivity index (χ4n) is 2.93. The molecule has 0 aliphatic carbocycles. The zero-order valence-electron chi connectivity index (χ0n) is 16.1. The molecule has 0 saturated carbocycles. The maximum atomic E-state index is 12.7. The number of halogens is 3. The van der Waals surface area contributed by atoms with Gasteiger partial charge in [0, 0.05) is 51.7 Å². The highest BCUT2D eigenvalue weighted by atomic mass is 19.4. The highest BCUT2D eigenvalue weighted by Crippen LogP contribution is 2.27. The smallest absolute Gasteiger partial charge is 0.370 e. The summed E-state index contributed by atoms with van der Waals surface area (Å²) >= 11 is 0. The van der Waals surface area contributed by atoms with Crippen molar-refractivity contribution in [3.8, 4) is 0 Å². The zero-order chi connectivity index (χ0) is 20.9. The Labute approximate surface area is 166 Å². The van der Waals surface area contributed by atoms with Crippen LogP contribution >= 0.6 is 0 Å². The Morgan fingerprint density at radius 2 is 2.21 bits per heavy atom. The zero-order valence-corrected chi connectivity index (χ0v) is 16.1. The van der Waals surface area contributed by atoms with Gasteiger partial charge in [-0.25, -0.2) is 9.97 Å². The quantitative estimate of drug-likeness (QED) is 0.434. The van der Waals surface area contributed by atoms with E-state index in [1.807, 2.05) is 13.2 Å². The van der Waals surface area contributed by atoms with Crippen LogP contribution in [0.25, 0.3) is 0 Å². The summed E-state index contributed by atoms with van der Waals surface area (Å²) in [6, 6.07) is 0.836. The molecule has 0 spiro atoms. The van der Waals surface area contributed by atoms with E-state index in [0.29, 0.717) is 38.7 Å². The second kappa shape index (κ2) is 9.07. The molecule has 3 rings (SSSR count). The summed E-state index contributed by atoms with van der Waals surface area (Å²) in [5.41, 5.74) is 0.0181. The van der Waals surface area contributed by atoms with Gasteiger partial charge >= 0.3 is 6.18 Å². The van der Waals surface area contributed by atoms with Gasteiger partial charge in [0.1, 0.15) is 11.8 Å². The number of rotatable bonds is 5. The Hall–Kier alpha value is -2.89. The number of alkyl halides is 3. The van der Waals surface area contributed by atoms with Crippen LogP contribution in [0.1, 0.15) is 17.4 Å². The maximum Gasteiger partial charge on any atom is 0.433 e. The van der Waals surface area contributed by atoms with Gasteiger partial charge in [0.05, 0.1) is 19.3 Å². The Morgan fingerprint density at radius 3 is 2.90 bits per heavy atom. The summed E-state index contributed by atoms with van der Waals surface area (Å²) in [5.74, 6) is 0.619. The standard InChI is InChI=1S/C17H23F3N8O/c1-21-16(28-7-8-29-13(11-28)12-9-25-27(2)10-12)24-6-5-23-15-22-4-3-14(26-15)17(18,19)20/h3-4,9-10,13H,5-8,11H2,1-2H3,(H,21,24)(H,22,23,26). The molecule has 12 heteroatoms. The van der Waals surface area contributed by atoms with Crippen molar-refractivity contribution in [1.82, 2.24) is 30.0 Å². The van der Waals surface area contributed by atoms with Crippen LogP contribution in [0.15, 0.2) is 29.6 Å². The molecule has 29 heavy (non-hydrogen) atoms. The lowest BCUT2D eigenvalue weighted by Crippen LogP contribution is -2.49. The molecule has 0 bridgehead atoms. The van der Waals surface area contributed by atoms with Gasteiger partial charge in [-0.05, 0) is 6.07 Å². The predicted octanol–water partition coefficient (Wildman–Crippen LogP) is 1.29. The molecule has 1 atom stereocenters. The van der Waals surface area contributed by atoms with Crippen molar-refractivity contribution in [2.75, 3.05) is 45.2 Å². The molecule has 1 fully saturated rings. The van der Waals surface area contributed by atoms with E-state index in [4.69, 9.17) is 4.74 Å². The van der Waals surface area contributed by atoms with E-state index >= 15 is 0 Å². The molecule has 2 aromatic heterocycles. The van der Waals surface area contributed by atoms with Crippen LogP contribution in [0, 0.1) is 0 Å². The molecule has 1 saturated heterocycles. The first kappa shape index (κ1) is 20.8. The number of aliphatic imine (C=N–C) groups is 1. The van der Waals surface area contributed by atoms with Gasteiger partial charge in [-0.1, -0.05) is 0 Å². The van der Waals surface area contributed by atoms with Crippen molar-refractivity contribution in [1.29, 1.82) is 0 Å². The van der Waals surface area contributed by atoms with Crippen LogP contribution in [-0.2, 0) is 18.0 Å². The van der Waals surface area contributed by atoms with Crippen molar-refractivity contribution < 1.29 is 17.9 Å². The molecule has 0 aromatic carbocycles. The number of anilines is 1. The first-order valence-electron chi connectivity index (χ1n) is 9.06. The minimum atomic E-state index is -4.50. The average Bonchev–Trinajstić information content (AvgIpc) is 3.14. The molecule has 2 N–H and O–H groups in total. The molecular formula is C17H23F3N8O. The molecule has 0 radical (unpaired) electrons. The van der Waals surface area contributed by atoms with Gasteiger partial charge in [-0.2, -0.15) is 18.3 Å². The van der Waals surface area contributed by atoms with E-state index in [0.717, 1.165) is 17.8 Å². The monoisotopic (exact) mass is 412 g/mol. The van der Waals surface area contributed by atoms with E-state index in [1.54, 1.807) is 17.9 Å². The Kier molecular flexibility index (Phi) is 6.52. The number of ether oxygens (including phenoxy) is 1. The SMILES string of the molecule is CN=C(NCCNc1nccc(C(F)(F)F)n1)N1CCOC(c2cnn(C)c2)C1. The number of hydrogen-bond acceptors (Lipinski definition) is 6. The third-order valence-corrected chi connectivity index (χ3v) is 4.31. The average molecular weight is 412 g/mol. The summed E-state index contributed by atoms with van der Waals surface area (Å²) in [6.45, 7) is 2.62. The topological polar surface area (TPSA) is 92.5 Å². The van der Waals surface area contributed by atoms with Crippen LogP contribution in [-0.4, -0.2) is 70.4 Å². The van der Waals surface area contributed by atoms with Gasteiger partial charge in [0.25, 0.3) is 0 Å². The summed E-state index contributed by atoms with van der Waals surface area (Å²) < 4.78 is 45.7. The number of aryl methyl sites for hydroxylation is 1. The van der Waals surface area contributed by atoms with E-state index in [1.165, 1.54) is 0 Å². The van der Waals surface area contributed by atoms with E-state index < -0.39 is 11.9 Å².